The van der Waals surface area contributed by atoms with E-state index in [1.54, 1.807) is 0 Å². The number of hydrogen-bond acceptors (Lipinski definition) is 3. The van der Waals surface area contributed by atoms with Crippen molar-refractivity contribution in [2.45, 2.75) is 44.7 Å². The van der Waals surface area contributed by atoms with Crippen molar-refractivity contribution in [2.75, 3.05) is 32.7 Å². The summed E-state index contributed by atoms with van der Waals surface area (Å²) in [5, 5.41) is 4.27. The van der Waals surface area contributed by atoms with Crippen LogP contribution in [0, 0.1) is 5.41 Å². The minimum absolute atomic E-state index is 0.210. The van der Waals surface area contributed by atoms with Gasteiger partial charge in [-0.15, -0.1) is 0 Å². The Bertz CT molecular complexity index is 604. The van der Waals surface area contributed by atoms with Gasteiger partial charge in [0, 0.05) is 37.1 Å². The Kier molecular flexibility index (Phi) is 5.03. The maximum Gasteiger partial charge on any atom is 0.223 e. The highest BCUT2D eigenvalue weighted by Gasteiger charge is 2.45. The fraction of sp³-hybridized carbons (Fsp3) is 0.650. The largest absolute Gasteiger partial charge is 0.338 e. The summed E-state index contributed by atoms with van der Waals surface area (Å²) in [6.07, 6.45) is 5.66. The third kappa shape index (κ3) is 3.86. The summed E-state index contributed by atoms with van der Waals surface area (Å²) in [5.41, 5.74) is 1.38. The molecule has 1 N–H and O–H groups in total. The molecule has 3 aliphatic rings. The van der Waals surface area contributed by atoms with Crippen molar-refractivity contribution in [1.82, 2.24) is 15.1 Å². The maximum atomic E-state index is 12.6. The fourth-order valence-corrected chi connectivity index (χ4v) is 4.91. The number of carbonyl (C=O) groups excluding carboxylic acids is 1. The van der Waals surface area contributed by atoms with Crippen LogP contribution in [0.5, 0.6) is 0 Å². The Morgan fingerprint density at radius 2 is 1.96 bits per heavy atom. The molecule has 4 nitrogen and oxygen atoms in total. The fourth-order valence-electron chi connectivity index (χ4n) is 4.78. The molecule has 1 amide bonds. The van der Waals surface area contributed by atoms with Crippen LogP contribution in [0.25, 0.3) is 0 Å². The number of halogens is 1. The normalized spacial score (nSPS) is 27.2. The van der Waals surface area contributed by atoms with Gasteiger partial charge in [0.15, 0.2) is 0 Å². The van der Waals surface area contributed by atoms with Crippen LogP contribution in [0.2, 0.25) is 5.02 Å². The Hall–Kier alpha value is -1.10. The topological polar surface area (TPSA) is 35.6 Å². The predicted molar refractivity (Wildman–Crippen MR) is 101 cm³/mol. The molecule has 0 saturated carbocycles. The van der Waals surface area contributed by atoms with E-state index in [1.165, 1.54) is 24.9 Å². The van der Waals surface area contributed by atoms with Crippen LogP contribution in [0.15, 0.2) is 24.3 Å². The quantitative estimate of drug-likeness (QED) is 0.899. The number of nitrogens with zero attached hydrogens (tertiary/aromatic N) is 2. The van der Waals surface area contributed by atoms with Crippen LogP contribution in [0.3, 0.4) is 0 Å². The lowest BCUT2D eigenvalue weighted by Crippen LogP contribution is -2.51. The monoisotopic (exact) mass is 361 g/mol. The molecule has 25 heavy (non-hydrogen) atoms. The zero-order valence-corrected chi connectivity index (χ0v) is 15.6. The SMILES string of the molecule is O=C1CC2(CCN(C3CCCNC3)CC2)CN1Cc1ccc(Cl)cc1. The van der Waals surface area contributed by atoms with Crippen molar-refractivity contribution in [3.05, 3.63) is 34.9 Å². The lowest BCUT2D eigenvalue weighted by molar-refractivity contribution is -0.128. The molecule has 1 spiro atoms. The number of rotatable bonds is 3. The van der Waals surface area contributed by atoms with Crippen molar-refractivity contribution < 1.29 is 4.79 Å². The summed E-state index contributed by atoms with van der Waals surface area (Å²) in [7, 11) is 0. The van der Waals surface area contributed by atoms with Gasteiger partial charge in [0.05, 0.1) is 0 Å². The lowest BCUT2D eigenvalue weighted by atomic mass is 9.77. The van der Waals surface area contributed by atoms with E-state index in [0.717, 1.165) is 50.5 Å². The van der Waals surface area contributed by atoms with Gasteiger partial charge in [-0.3, -0.25) is 9.69 Å². The Morgan fingerprint density at radius 3 is 2.64 bits per heavy atom. The van der Waals surface area contributed by atoms with Crippen molar-refractivity contribution in [3.63, 3.8) is 0 Å². The molecule has 3 saturated heterocycles. The first-order chi connectivity index (χ1) is 12.1. The van der Waals surface area contributed by atoms with Gasteiger partial charge in [-0.05, 0) is 68.4 Å². The van der Waals surface area contributed by atoms with E-state index in [0.29, 0.717) is 18.5 Å². The molecule has 0 radical (unpaired) electrons. The average molecular weight is 362 g/mol. The van der Waals surface area contributed by atoms with E-state index < -0.39 is 0 Å². The molecule has 136 valence electrons. The zero-order chi connectivity index (χ0) is 17.3. The van der Waals surface area contributed by atoms with E-state index in [9.17, 15) is 4.79 Å². The van der Waals surface area contributed by atoms with Gasteiger partial charge in [0.2, 0.25) is 5.91 Å². The highest BCUT2D eigenvalue weighted by atomic mass is 35.5. The number of piperidine rings is 2. The van der Waals surface area contributed by atoms with Crippen LogP contribution in [0.4, 0.5) is 0 Å². The first-order valence-corrected chi connectivity index (χ1v) is 9.98. The Labute approximate surface area is 155 Å². The number of likely N-dealkylation sites (tertiary alicyclic amines) is 2. The second kappa shape index (κ2) is 7.26. The number of amides is 1. The number of carbonyl (C=O) groups is 1. The van der Waals surface area contributed by atoms with Crippen LogP contribution in [-0.2, 0) is 11.3 Å². The van der Waals surface area contributed by atoms with Gasteiger partial charge >= 0.3 is 0 Å². The minimum atomic E-state index is 0.210. The molecule has 1 unspecified atom stereocenters. The van der Waals surface area contributed by atoms with Gasteiger partial charge < -0.3 is 10.2 Å². The first kappa shape index (κ1) is 17.3. The highest BCUT2D eigenvalue weighted by molar-refractivity contribution is 6.30. The molecule has 1 atom stereocenters. The molecular weight excluding hydrogens is 334 g/mol. The lowest BCUT2D eigenvalue weighted by Gasteiger charge is -2.43. The molecule has 3 heterocycles. The smallest absolute Gasteiger partial charge is 0.223 e. The molecule has 3 aliphatic heterocycles. The van der Waals surface area contributed by atoms with Crippen molar-refractivity contribution in [1.29, 1.82) is 0 Å². The molecule has 0 aliphatic carbocycles. The van der Waals surface area contributed by atoms with Crippen LogP contribution >= 0.6 is 11.6 Å². The van der Waals surface area contributed by atoms with E-state index in [4.69, 9.17) is 11.6 Å². The summed E-state index contributed by atoms with van der Waals surface area (Å²) in [4.78, 5) is 17.3. The first-order valence-electron chi connectivity index (χ1n) is 9.61. The predicted octanol–water partition coefficient (Wildman–Crippen LogP) is 2.91. The van der Waals surface area contributed by atoms with Gasteiger partial charge in [-0.25, -0.2) is 0 Å². The highest BCUT2D eigenvalue weighted by Crippen LogP contribution is 2.42. The second-order valence-electron chi connectivity index (χ2n) is 8.09. The van der Waals surface area contributed by atoms with Crippen LogP contribution < -0.4 is 5.32 Å². The molecule has 3 fully saturated rings. The standard InChI is InChI=1S/C20H28ClN3O/c21-17-5-3-16(4-6-17)14-24-15-20(12-19(24)25)7-10-23(11-8-20)18-2-1-9-22-13-18/h3-6,18,22H,1-2,7-15H2. The van der Waals surface area contributed by atoms with Gasteiger partial charge in [0.1, 0.15) is 0 Å². The van der Waals surface area contributed by atoms with E-state index in [1.807, 2.05) is 24.3 Å². The molecule has 4 rings (SSSR count). The van der Waals surface area contributed by atoms with E-state index in [-0.39, 0.29) is 5.41 Å². The summed E-state index contributed by atoms with van der Waals surface area (Å²) in [6, 6.07) is 8.57. The summed E-state index contributed by atoms with van der Waals surface area (Å²) in [6.45, 7) is 6.24. The van der Waals surface area contributed by atoms with Gasteiger partial charge in [0.25, 0.3) is 0 Å². The molecular formula is C20H28ClN3O. The third-order valence-corrected chi connectivity index (χ3v) is 6.59. The van der Waals surface area contributed by atoms with Crippen LogP contribution in [-0.4, -0.2) is 54.5 Å². The van der Waals surface area contributed by atoms with E-state index >= 15 is 0 Å². The second-order valence-corrected chi connectivity index (χ2v) is 8.53. The molecule has 5 heteroatoms. The summed E-state index contributed by atoms with van der Waals surface area (Å²) in [5.74, 6) is 0.322. The molecule has 1 aromatic carbocycles. The maximum absolute atomic E-state index is 12.6. The summed E-state index contributed by atoms with van der Waals surface area (Å²) < 4.78 is 0. The summed E-state index contributed by atoms with van der Waals surface area (Å²) >= 11 is 5.96. The number of nitrogens with one attached hydrogen (secondary N) is 1. The Morgan fingerprint density at radius 1 is 1.20 bits per heavy atom. The van der Waals surface area contributed by atoms with Crippen molar-refractivity contribution in [2.24, 2.45) is 5.41 Å². The number of benzene rings is 1. The minimum Gasteiger partial charge on any atom is -0.338 e. The Balaban J connectivity index is 1.34. The van der Waals surface area contributed by atoms with Crippen molar-refractivity contribution >= 4 is 17.5 Å². The van der Waals surface area contributed by atoms with Gasteiger partial charge in [-0.1, -0.05) is 23.7 Å². The van der Waals surface area contributed by atoms with E-state index in [2.05, 4.69) is 15.1 Å². The number of hydrogen-bond donors (Lipinski definition) is 1. The van der Waals surface area contributed by atoms with Crippen molar-refractivity contribution in [3.8, 4) is 0 Å². The van der Waals surface area contributed by atoms with Crippen LogP contribution in [0.1, 0.15) is 37.7 Å². The zero-order valence-electron chi connectivity index (χ0n) is 14.8. The average Bonchev–Trinajstić information content (AvgIpc) is 2.93. The molecule has 0 aromatic heterocycles. The third-order valence-electron chi connectivity index (χ3n) is 6.34. The van der Waals surface area contributed by atoms with Gasteiger partial charge in [-0.2, -0.15) is 0 Å². The molecule has 0 bridgehead atoms. The molecule has 1 aromatic rings.